The van der Waals surface area contributed by atoms with Crippen molar-refractivity contribution >= 4 is 27.4 Å². The number of β-amino-alcohol motifs (C(OH)–C–C–N with tert-alkyl or cyclic N) is 1. The molecule has 102 valence electrons. The van der Waals surface area contributed by atoms with Crippen LogP contribution in [-0.2, 0) is 0 Å². The van der Waals surface area contributed by atoms with Crippen LogP contribution < -0.4 is 4.90 Å². The van der Waals surface area contributed by atoms with Crippen molar-refractivity contribution in [3.05, 3.63) is 17.8 Å². The number of likely N-dealkylation sites (N-methyl/N-ethyl adjacent to an activating group) is 1. The highest BCUT2D eigenvalue weighted by Crippen LogP contribution is 2.31. The molecule has 2 atom stereocenters. The minimum atomic E-state index is -0.270. The number of aromatic nitrogens is 2. The molecular weight excluding hydrogens is 260 g/mol. The first-order chi connectivity index (χ1) is 9.15. The molecule has 2 aromatic heterocycles. The number of anilines is 1. The van der Waals surface area contributed by atoms with Crippen molar-refractivity contribution in [2.24, 2.45) is 0 Å². The summed E-state index contributed by atoms with van der Waals surface area (Å²) in [5, 5.41) is 13.1. The molecule has 0 aromatic carbocycles. The van der Waals surface area contributed by atoms with Gasteiger partial charge in [0.05, 0.1) is 11.5 Å². The Hall–Kier alpha value is -1.24. The fraction of sp³-hybridized carbons (Fsp3) is 0.538. The number of hydrogen-bond acceptors (Lipinski definition) is 6. The van der Waals surface area contributed by atoms with Gasteiger partial charge in [0.25, 0.3) is 0 Å². The number of hydrogen-bond donors (Lipinski definition) is 1. The molecule has 0 spiro atoms. The van der Waals surface area contributed by atoms with Crippen LogP contribution in [0.1, 0.15) is 6.42 Å². The smallest absolute Gasteiger partial charge is 0.141 e. The van der Waals surface area contributed by atoms with Crippen LogP contribution in [-0.4, -0.2) is 59.3 Å². The van der Waals surface area contributed by atoms with Gasteiger partial charge in [0.1, 0.15) is 17.0 Å². The maximum Gasteiger partial charge on any atom is 0.141 e. The fourth-order valence-corrected chi connectivity index (χ4v) is 3.48. The summed E-state index contributed by atoms with van der Waals surface area (Å²) in [6.07, 6.45) is 2.15. The van der Waals surface area contributed by atoms with Crippen LogP contribution in [0.25, 0.3) is 10.2 Å². The molecule has 1 aliphatic heterocycles. The Morgan fingerprint density at radius 1 is 1.47 bits per heavy atom. The summed E-state index contributed by atoms with van der Waals surface area (Å²) in [6, 6.07) is 2.37. The topological polar surface area (TPSA) is 52.5 Å². The highest BCUT2D eigenvalue weighted by atomic mass is 32.1. The first-order valence-electron chi connectivity index (χ1n) is 6.43. The van der Waals surface area contributed by atoms with E-state index in [1.165, 1.54) is 0 Å². The van der Waals surface area contributed by atoms with E-state index in [4.69, 9.17) is 0 Å². The second-order valence-electron chi connectivity index (χ2n) is 5.29. The third kappa shape index (κ3) is 2.43. The van der Waals surface area contributed by atoms with Gasteiger partial charge in [-0.05, 0) is 32.0 Å². The minimum Gasteiger partial charge on any atom is -0.391 e. The van der Waals surface area contributed by atoms with Crippen LogP contribution in [0.4, 0.5) is 5.82 Å². The van der Waals surface area contributed by atoms with Crippen LogP contribution >= 0.6 is 11.3 Å². The van der Waals surface area contributed by atoms with Gasteiger partial charge in [-0.1, -0.05) is 0 Å². The zero-order valence-electron chi connectivity index (χ0n) is 11.2. The van der Waals surface area contributed by atoms with E-state index in [1.807, 2.05) is 5.38 Å². The van der Waals surface area contributed by atoms with Crippen LogP contribution in [0.3, 0.4) is 0 Å². The monoisotopic (exact) mass is 278 g/mol. The van der Waals surface area contributed by atoms with Gasteiger partial charge in [0.2, 0.25) is 0 Å². The van der Waals surface area contributed by atoms with Gasteiger partial charge < -0.3 is 14.9 Å². The lowest BCUT2D eigenvalue weighted by atomic mass is 10.2. The summed E-state index contributed by atoms with van der Waals surface area (Å²) in [6.45, 7) is 1.58. The number of nitrogens with zero attached hydrogens (tertiary/aromatic N) is 4. The highest BCUT2D eigenvalue weighted by molar-refractivity contribution is 7.16. The largest absolute Gasteiger partial charge is 0.391 e. The average molecular weight is 278 g/mol. The van der Waals surface area contributed by atoms with E-state index in [9.17, 15) is 5.11 Å². The van der Waals surface area contributed by atoms with Gasteiger partial charge >= 0.3 is 0 Å². The van der Waals surface area contributed by atoms with Crippen molar-refractivity contribution in [2.75, 3.05) is 32.1 Å². The Morgan fingerprint density at radius 3 is 3.11 bits per heavy atom. The van der Waals surface area contributed by atoms with Gasteiger partial charge in [0, 0.05) is 19.1 Å². The molecular formula is C13H18N4OS. The van der Waals surface area contributed by atoms with Crippen LogP contribution in [0.15, 0.2) is 17.8 Å². The lowest BCUT2D eigenvalue weighted by molar-refractivity contribution is 0.191. The molecule has 0 radical (unpaired) electrons. The standard InChI is InChI=1S/C13H18N4OS/c1-16(2)6-9-5-10(18)7-17(9)12-11-3-4-19-13(11)15-8-14-12/h3-4,8-10,18H,5-7H2,1-2H3. The summed E-state index contributed by atoms with van der Waals surface area (Å²) >= 11 is 1.63. The predicted molar refractivity (Wildman–Crippen MR) is 77.7 cm³/mol. The average Bonchev–Trinajstić information content (AvgIpc) is 2.94. The number of rotatable bonds is 3. The zero-order valence-corrected chi connectivity index (χ0v) is 12.0. The summed E-state index contributed by atoms with van der Waals surface area (Å²) in [5.74, 6) is 0.953. The second kappa shape index (κ2) is 5.03. The lowest BCUT2D eigenvalue weighted by Crippen LogP contribution is -2.38. The number of aliphatic hydroxyl groups excluding tert-OH is 1. The molecule has 1 fully saturated rings. The molecule has 19 heavy (non-hydrogen) atoms. The summed E-state index contributed by atoms with van der Waals surface area (Å²) in [7, 11) is 4.12. The van der Waals surface area contributed by atoms with Gasteiger partial charge in [-0.25, -0.2) is 9.97 Å². The molecule has 2 aromatic rings. The van der Waals surface area contributed by atoms with Crippen molar-refractivity contribution in [1.29, 1.82) is 0 Å². The van der Waals surface area contributed by atoms with E-state index < -0.39 is 0 Å². The molecule has 2 unspecified atom stereocenters. The molecule has 1 aliphatic rings. The predicted octanol–water partition coefficient (Wildman–Crippen LogP) is 1.19. The Morgan fingerprint density at radius 2 is 2.32 bits per heavy atom. The van der Waals surface area contributed by atoms with E-state index in [2.05, 4.69) is 39.9 Å². The van der Waals surface area contributed by atoms with Crippen molar-refractivity contribution < 1.29 is 5.11 Å². The van der Waals surface area contributed by atoms with Gasteiger partial charge in [0.15, 0.2) is 0 Å². The van der Waals surface area contributed by atoms with Crippen molar-refractivity contribution in [3.63, 3.8) is 0 Å². The Bertz CT molecular complexity index is 571. The van der Waals surface area contributed by atoms with Crippen LogP contribution in [0.2, 0.25) is 0 Å². The van der Waals surface area contributed by atoms with E-state index in [0.717, 1.165) is 29.0 Å². The molecule has 6 heteroatoms. The maximum absolute atomic E-state index is 9.97. The van der Waals surface area contributed by atoms with E-state index in [1.54, 1.807) is 17.7 Å². The highest BCUT2D eigenvalue weighted by Gasteiger charge is 2.33. The first-order valence-corrected chi connectivity index (χ1v) is 7.30. The van der Waals surface area contributed by atoms with Gasteiger partial charge in [-0.3, -0.25) is 0 Å². The molecule has 0 amide bonds. The Balaban J connectivity index is 1.97. The Kier molecular flexibility index (Phi) is 3.38. The molecule has 0 saturated carbocycles. The number of aliphatic hydroxyl groups is 1. The lowest BCUT2D eigenvalue weighted by Gasteiger charge is -2.28. The second-order valence-corrected chi connectivity index (χ2v) is 6.19. The van der Waals surface area contributed by atoms with Gasteiger partial charge in [-0.15, -0.1) is 11.3 Å². The number of fused-ring (bicyclic) bond motifs is 1. The summed E-state index contributed by atoms with van der Waals surface area (Å²) in [4.78, 5) is 14.1. The SMILES string of the molecule is CN(C)CC1CC(O)CN1c1ncnc2sccc12. The summed E-state index contributed by atoms with van der Waals surface area (Å²) < 4.78 is 0. The minimum absolute atomic E-state index is 0.270. The summed E-state index contributed by atoms with van der Waals surface area (Å²) in [5.41, 5.74) is 0. The van der Waals surface area contributed by atoms with E-state index in [-0.39, 0.29) is 6.10 Å². The van der Waals surface area contributed by atoms with Crippen molar-refractivity contribution in [2.45, 2.75) is 18.6 Å². The van der Waals surface area contributed by atoms with E-state index >= 15 is 0 Å². The molecule has 5 nitrogen and oxygen atoms in total. The third-order valence-corrected chi connectivity index (χ3v) is 4.30. The quantitative estimate of drug-likeness (QED) is 0.914. The molecule has 3 heterocycles. The van der Waals surface area contributed by atoms with Crippen LogP contribution in [0.5, 0.6) is 0 Å². The Labute approximate surface area is 116 Å². The molecule has 1 N–H and O–H groups in total. The fourth-order valence-electron chi connectivity index (χ4n) is 2.75. The normalized spacial score (nSPS) is 23.7. The molecule has 0 aliphatic carbocycles. The van der Waals surface area contributed by atoms with E-state index in [0.29, 0.717) is 12.6 Å². The van der Waals surface area contributed by atoms with Crippen molar-refractivity contribution in [1.82, 2.24) is 14.9 Å². The molecule has 0 bridgehead atoms. The third-order valence-electron chi connectivity index (χ3n) is 3.48. The number of thiophene rings is 1. The molecule has 3 rings (SSSR count). The zero-order chi connectivity index (χ0) is 13.4. The van der Waals surface area contributed by atoms with Crippen molar-refractivity contribution in [3.8, 4) is 0 Å². The first kappa shape index (κ1) is 12.8. The molecule has 1 saturated heterocycles. The maximum atomic E-state index is 9.97. The van der Waals surface area contributed by atoms with Gasteiger partial charge in [-0.2, -0.15) is 0 Å². The van der Waals surface area contributed by atoms with Crippen LogP contribution in [0, 0.1) is 0 Å².